The van der Waals surface area contributed by atoms with Gasteiger partial charge in [-0.05, 0) is 37.1 Å². The first-order chi connectivity index (χ1) is 10.7. The van der Waals surface area contributed by atoms with E-state index in [2.05, 4.69) is 15.5 Å². The Balaban J connectivity index is 1.97. The summed E-state index contributed by atoms with van der Waals surface area (Å²) in [5.74, 6) is -1.47. The Labute approximate surface area is 135 Å². The van der Waals surface area contributed by atoms with Crippen molar-refractivity contribution < 1.29 is 18.0 Å². The number of nitrogens with zero attached hydrogens (tertiary/aromatic N) is 3. The van der Waals surface area contributed by atoms with E-state index in [1.54, 1.807) is 6.07 Å². The minimum atomic E-state index is -4.57. The number of anilines is 1. The molecule has 1 aromatic carbocycles. The Morgan fingerprint density at radius 2 is 1.96 bits per heavy atom. The summed E-state index contributed by atoms with van der Waals surface area (Å²) >= 11 is 0.896. The maximum absolute atomic E-state index is 12.6. The molecular weight excluding hydrogens is 329 g/mol. The molecule has 0 radical (unpaired) electrons. The number of hydrogen-bond donors (Lipinski definition) is 1. The van der Waals surface area contributed by atoms with Crippen molar-refractivity contribution in [3.8, 4) is 0 Å². The minimum Gasteiger partial charge on any atom is -0.325 e. The molecule has 1 aromatic heterocycles. The van der Waals surface area contributed by atoms with E-state index in [-0.39, 0.29) is 16.8 Å². The minimum absolute atomic E-state index is 0.0348. The topological polar surface area (TPSA) is 59.8 Å². The average Bonchev–Trinajstić information content (AvgIpc) is 2.82. The van der Waals surface area contributed by atoms with Crippen LogP contribution in [0.1, 0.15) is 17.0 Å². The molecule has 1 amide bonds. The Morgan fingerprint density at radius 3 is 2.52 bits per heavy atom. The number of aryl methyl sites for hydroxylation is 2. The van der Waals surface area contributed by atoms with Gasteiger partial charge >= 0.3 is 6.18 Å². The zero-order valence-corrected chi connectivity index (χ0v) is 13.5. The average molecular weight is 344 g/mol. The third-order valence-electron chi connectivity index (χ3n) is 3.21. The number of rotatable bonds is 4. The highest BCUT2D eigenvalue weighted by Crippen LogP contribution is 2.29. The fourth-order valence-electron chi connectivity index (χ4n) is 1.83. The second kappa shape index (κ2) is 6.61. The molecule has 0 aliphatic heterocycles. The largest absolute Gasteiger partial charge is 0.451 e. The van der Waals surface area contributed by atoms with E-state index < -0.39 is 12.0 Å². The molecule has 0 spiro atoms. The summed E-state index contributed by atoms with van der Waals surface area (Å²) in [6.45, 7) is 3.89. The van der Waals surface area contributed by atoms with Crippen molar-refractivity contribution in [3.63, 3.8) is 0 Å². The molecule has 1 heterocycles. The van der Waals surface area contributed by atoms with Crippen LogP contribution in [-0.2, 0) is 18.0 Å². The van der Waals surface area contributed by atoms with Crippen LogP contribution in [0.15, 0.2) is 23.4 Å². The lowest BCUT2D eigenvalue weighted by Crippen LogP contribution is -2.15. The van der Waals surface area contributed by atoms with E-state index in [1.165, 1.54) is 7.05 Å². The summed E-state index contributed by atoms with van der Waals surface area (Å²) in [7, 11) is 1.21. The molecule has 124 valence electrons. The molecular formula is C14H15F3N4OS. The van der Waals surface area contributed by atoms with Crippen molar-refractivity contribution in [1.29, 1.82) is 0 Å². The number of nitrogens with one attached hydrogen (secondary N) is 1. The molecule has 23 heavy (non-hydrogen) atoms. The third-order valence-corrected chi connectivity index (χ3v) is 4.23. The summed E-state index contributed by atoms with van der Waals surface area (Å²) in [5.41, 5.74) is 2.79. The van der Waals surface area contributed by atoms with Gasteiger partial charge in [0, 0.05) is 12.7 Å². The van der Waals surface area contributed by atoms with Crippen LogP contribution >= 0.6 is 11.8 Å². The summed E-state index contributed by atoms with van der Waals surface area (Å²) in [5, 5.41) is 9.30. The van der Waals surface area contributed by atoms with Crippen LogP contribution in [0.3, 0.4) is 0 Å². The molecule has 9 heteroatoms. The number of amides is 1. The maximum Gasteiger partial charge on any atom is 0.451 e. The molecule has 0 unspecified atom stereocenters. The Morgan fingerprint density at radius 1 is 1.26 bits per heavy atom. The second-order valence-corrected chi connectivity index (χ2v) is 5.94. The van der Waals surface area contributed by atoms with E-state index in [4.69, 9.17) is 0 Å². The fraction of sp³-hybridized carbons (Fsp3) is 0.357. The fourth-order valence-corrected chi connectivity index (χ4v) is 2.54. The zero-order valence-electron chi connectivity index (χ0n) is 12.7. The Bertz CT molecular complexity index is 727. The lowest BCUT2D eigenvalue weighted by molar-refractivity contribution is -0.147. The number of carbonyl (C=O) groups is 1. The van der Waals surface area contributed by atoms with Crippen LogP contribution in [0.2, 0.25) is 0 Å². The van der Waals surface area contributed by atoms with Gasteiger partial charge in [0.1, 0.15) is 0 Å². The van der Waals surface area contributed by atoms with Crippen molar-refractivity contribution >= 4 is 23.4 Å². The highest BCUT2D eigenvalue weighted by atomic mass is 32.2. The molecule has 2 aromatic rings. The van der Waals surface area contributed by atoms with Crippen molar-refractivity contribution in [2.24, 2.45) is 7.05 Å². The molecule has 0 atom stereocenters. The highest BCUT2D eigenvalue weighted by molar-refractivity contribution is 7.99. The van der Waals surface area contributed by atoms with Gasteiger partial charge in [0.25, 0.3) is 0 Å². The lowest BCUT2D eigenvalue weighted by atomic mass is 10.1. The molecule has 1 N–H and O–H groups in total. The molecule has 0 bridgehead atoms. The number of carbonyl (C=O) groups excluding carboxylic acids is 1. The quantitative estimate of drug-likeness (QED) is 0.866. The number of aromatic nitrogens is 3. The number of halogens is 3. The first-order valence-electron chi connectivity index (χ1n) is 6.65. The summed E-state index contributed by atoms with van der Waals surface area (Å²) < 4.78 is 38.6. The standard InChI is InChI=1S/C14H15F3N4OS/c1-8-4-5-10(6-9(8)2)18-11(22)7-23-13-20-19-12(21(13)3)14(15,16)17/h4-6H,7H2,1-3H3,(H,18,22). The molecule has 0 aliphatic rings. The predicted molar refractivity (Wildman–Crippen MR) is 81.3 cm³/mol. The number of alkyl halides is 3. The first-order valence-corrected chi connectivity index (χ1v) is 7.63. The van der Waals surface area contributed by atoms with Gasteiger partial charge in [0.05, 0.1) is 5.75 Å². The van der Waals surface area contributed by atoms with Gasteiger partial charge in [-0.25, -0.2) is 0 Å². The number of thioether (sulfide) groups is 1. The summed E-state index contributed by atoms with van der Waals surface area (Å²) in [6, 6.07) is 5.49. The SMILES string of the molecule is Cc1ccc(NC(=O)CSc2nnc(C(F)(F)F)n2C)cc1C. The van der Waals surface area contributed by atoms with Gasteiger partial charge < -0.3 is 9.88 Å². The van der Waals surface area contributed by atoms with Gasteiger partial charge in [-0.1, -0.05) is 17.8 Å². The normalized spacial score (nSPS) is 11.6. The van der Waals surface area contributed by atoms with Gasteiger partial charge in [-0.15, -0.1) is 10.2 Å². The highest BCUT2D eigenvalue weighted by Gasteiger charge is 2.37. The van der Waals surface area contributed by atoms with Gasteiger partial charge in [0.15, 0.2) is 5.16 Å². The Hall–Kier alpha value is -2.03. The molecule has 0 aliphatic carbocycles. The van der Waals surface area contributed by atoms with Crippen LogP contribution in [0.4, 0.5) is 18.9 Å². The summed E-state index contributed by atoms with van der Waals surface area (Å²) in [4.78, 5) is 11.9. The van der Waals surface area contributed by atoms with Crippen LogP contribution < -0.4 is 5.32 Å². The van der Waals surface area contributed by atoms with Crippen LogP contribution in [0.25, 0.3) is 0 Å². The van der Waals surface area contributed by atoms with Crippen molar-refractivity contribution in [2.75, 3.05) is 11.1 Å². The molecule has 0 saturated heterocycles. The van der Waals surface area contributed by atoms with E-state index in [1.807, 2.05) is 26.0 Å². The van der Waals surface area contributed by atoms with E-state index in [0.29, 0.717) is 5.69 Å². The van der Waals surface area contributed by atoms with E-state index in [9.17, 15) is 18.0 Å². The van der Waals surface area contributed by atoms with Gasteiger partial charge in [0.2, 0.25) is 11.7 Å². The van der Waals surface area contributed by atoms with Crippen LogP contribution in [0.5, 0.6) is 0 Å². The smallest absolute Gasteiger partial charge is 0.325 e. The van der Waals surface area contributed by atoms with Crippen LogP contribution in [-0.4, -0.2) is 26.4 Å². The second-order valence-electron chi connectivity index (χ2n) is 5.00. The molecule has 5 nitrogen and oxygen atoms in total. The molecule has 0 fully saturated rings. The lowest BCUT2D eigenvalue weighted by Gasteiger charge is -2.08. The summed E-state index contributed by atoms with van der Waals surface area (Å²) in [6.07, 6.45) is -4.57. The van der Waals surface area contributed by atoms with Crippen molar-refractivity contribution in [2.45, 2.75) is 25.2 Å². The van der Waals surface area contributed by atoms with Crippen molar-refractivity contribution in [3.05, 3.63) is 35.2 Å². The van der Waals surface area contributed by atoms with Gasteiger partial charge in [-0.3, -0.25) is 4.79 Å². The number of hydrogen-bond acceptors (Lipinski definition) is 4. The van der Waals surface area contributed by atoms with E-state index >= 15 is 0 Å². The third kappa shape index (κ3) is 4.25. The zero-order chi connectivity index (χ0) is 17.2. The molecule has 2 rings (SSSR count). The van der Waals surface area contributed by atoms with Crippen LogP contribution in [0, 0.1) is 13.8 Å². The monoisotopic (exact) mass is 344 g/mol. The van der Waals surface area contributed by atoms with E-state index in [0.717, 1.165) is 27.5 Å². The van der Waals surface area contributed by atoms with Gasteiger partial charge in [-0.2, -0.15) is 13.2 Å². The first kappa shape index (κ1) is 17.3. The maximum atomic E-state index is 12.6. The molecule has 0 saturated carbocycles. The number of benzene rings is 1. The Kier molecular flexibility index (Phi) is 4.98. The van der Waals surface area contributed by atoms with Crippen molar-refractivity contribution in [1.82, 2.24) is 14.8 Å². The predicted octanol–water partition coefficient (Wildman–Crippen LogP) is 3.18.